The first kappa shape index (κ1) is 20.0. The van der Waals surface area contributed by atoms with Crippen molar-refractivity contribution in [3.8, 4) is 0 Å². The lowest BCUT2D eigenvalue weighted by Gasteiger charge is -2.06. The third kappa shape index (κ3) is 4.66. The van der Waals surface area contributed by atoms with Gasteiger partial charge in [-0.15, -0.1) is 0 Å². The highest BCUT2D eigenvalue weighted by molar-refractivity contribution is 7.33. The molecule has 0 bridgehead atoms. The Morgan fingerprint density at radius 2 is 1.10 bits per heavy atom. The van der Waals surface area contributed by atoms with E-state index in [1.54, 1.807) is 24.5 Å². The van der Waals surface area contributed by atoms with Crippen LogP contribution >= 0.6 is 8.25 Å². The van der Waals surface area contributed by atoms with Crippen LogP contribution in [0.5, 0.6) is 0 Å². The van der Waals surface area contributed by atoms with Gasteiger partial charge in [0, 0.05) is 23.2 Å². The Morgan fingerprint density at radius 1 is 0.700 bits per heavy atom. The molecule has 2 aromatic heterocycles. The molecule has 4 rings (SSSR count). The number of aromatic nitrogens is 2. The van der Waals surface area contributed by atoms with Gasteiger partial charge in [-0.3, -0.25) is 24.1 Å². The zero-order valence-electron chi connectivity index (χ0n) is 15.8. The van der Waals surface area contributed by atoms with Gasteiger partial charge in [0.2, 0.25) is 11.6 Å². The third-order valence-electron chi connectivity index (χ3n) is 4.48. The van der Waals surface area contributed by atoms with Crippen molar-refractivity contribution in [3.63, 3.8) is 0 Å². The van der Waals surface area contributed by atoms with Crippen molar-refractivity contribution < 1.29 is 23.2 Å². The molecule has 0 saturated carbocycles. The van der Waals surface area contributed by atoms with Crippen molar-refractivity contribution in [1.82, 2.24) is 9.97 Å². The molecule has 8 heteroatoms. The van der Waals surface area contributed by atoms with E-state index in [2.05, 4.69) is 9.97 Å². The minimum atomic E-state index is -3.03. The molecule has 7 nitrogen and oxygen atoms in total. The highest BCUT2D eigenvalue weighted by Crippen LogP contribution is 2.24. The zero-order chi connectivity index (χ0) is 20.9. The van der Waals surface area contributed by atoms with Crippen molar-refractivity contribution in [2.45, 2.75) is 0 Å². The summed E-state index contributed by atoms with van der Waals surface area (Å²) >= 11 is 0. The van der Waals surface area contributed by atoms with Crippen LogP contribution in [-0.2, 0) is 13.6 Å². The molecule has 0 aliphatic rings. The molecule has 2 heterocycles. The van der Waals surface area contributed by atoms with Gasteiger partial charge >= 0.3 is 8.25 Å². The van der Waals surface area contributed by atoms with Crippen LogP contribution in [0.25, 0.3) is 21.5 Å². The Hall–Kier alpha value is -3.25. The van der Waals surface area contributed by atoms with Gasteiger partial charge in [0.05, 0.1) is 0 Å². The van der Waals surface area contributed by atoms with Crippen LogP contribution < -0.4 is 0 Å². The number of nitrogens with zero attached hydrogens (tertiary/aromatic N) is 2. The summed E-state index contributed by atoms with van der Waals surface area (Å²) in [6, 6.07) is 18.3. The molecule has 30 heavy (non-hydrogen) atoms. The van der Waals surface area contributed by atoms with Gasteiger partial charge in [0.1, 0.15) is 24.6 Å². The Morgan fingerprint density at radius 3 is 1.53 bits per heavy atom. The van der Waals surface area contributed by atoms with E-state index in [4.69, 9.17) is 9.05 Å². The Labute approximate surface area is 172 Å². The van der Waals surface area contributed by atoms with Crippen LogP contribution in [0.2, 0.25) is 0 Å². The quantitative estimate of drug-likeness (QED) is 0.310. The maximum atomic E-state index is 12.2. The fourth-order valence-corrected chi connectivity index (χ4v) is 3.49. The minimum Gasteiger partial charge on any atom is -0.302 e. The van der Waals surface area contributed by atoms with Crippen molar-refractivity contribution in [3.05, 3.63) is 84.4 Å². The van der Waals surface area contributed by atoms with E-state index in [9.17, 15) is 14.2 Å². The van der Waals surface area contributed by atoms with Crippen molar-refractivity contribution in [2.24, 2.45) is 0 Å². The summed E-state index contributed by atoms with van der Waals surface area (Å²) in [5.74, 6) is -0.851. The van der Waals surface area contributed by atoms with Crippen LogP contribution in [0, 0.1) is 0 Å². The van der Waals surface area contributed by atoms with Crippen LogP contribution in [0.1, 0.15) is 21.0 Å². The lowest BCUT2D eigenvalue weighted by atomic mass is 10.1. The molecule has 0 spiro atoms. The van der Waals surface area contributed by atoms with E-state index in [1.807, 2.05) is 48.5 Å². The second kappa shape index (κ2) is 9.05. The average molecular weight is 420 g/mol. The molecule has 0 fully saturated rings. The number of carbonyl (C=O) groups is 2. The van der Waals surface area contributed by atoms with E-state index in [0.717, 1.165) is 21.5 Å². The number of fused-ring (bicyclic) bond motifs is 2. The van der Waals surface area contributed by atoms with Crippen LogP contribution in [0.3, 0.4) is 0 Å². The largest absolute Gasteiger partial charge is 0.320 e. The second-order valence-electron chi connectivity index (χ2n) is 6.51. The minimum absolute atomic E-state index is 0.208. The SMILES string of the molecule is O=C(CO[PH](=O)OCC(=O)c1cc2ccccc2cn1)c1cc2ccccc2cn1. The molecule has 0 N–H and O–H groups in total. The molecule has 0 unspecified atom stereocenters. The Kier molecular flexibility index (Phi) is 6.05. The predicted octanol–water partition coefficient (Wildman–Crippen LogP) is 4.27. The summed E-state index contributed by atoms with van der Waals surface area (Å²) in [6.07, 6.45) is 3.19. The number of pyridine rings is 2. The maximum absolute atomic E-state index is 12.2. The van der Waals surface area contributed by atoms with E-state index in [-0.39, 0.29) is 11.4 Å². The van der Waals surface area contributed by atoms with E-state index in [1.165, 1.54) is 0 Å². The predicted molar refractivity (Wildman–Crippen MR) is 113 cm³/mol. The maximum Gasteiger partial charge on any atom is 0.320 e. The van der Waals surface area contributed by atoms with Gasteiger partial charge in [-0.1, -0.05) is 48.5 Å². The van der Waals surface area contributed by atoms with Crippen molar-refractivity contribution in [1.29, 1.82) is 0 Å². The zero-order valence-corrected chi connectivity index (χ0v) is 16.8. The van der Waals surface area contributed by atoms with Gasteiger partial charge in [-0.2, -0.15) is 0 Å². The summed E-state index contributed by atoms with van der Waals surface area (Å²) in [6.45, 7) is -0.906. The Balaban J connectivity index is 1.30. The molecule has 0 amide bonds. The van der Waals surface area contributed by atoms with Gasteiger partial charge in [-0.25, -0.2) is 0 Å². The normalized spacial score (nSPS) is 11.2. The average Bonchev–Trinajstić information content (AvgIpc) is 2.80. The first-order valence-corrected chi connectivity index (χ1v) is 10.4. The monoisotopic (exact) mass is 420 g/mol. The molecule has 0 atom stereocenters. The summed E-state index contributed by atoms with van der Waals surface area (Å²) in [5, 5.41) is 3.56. The molecule has 0 aliphatic carbocycles. The third-order valence-corrected chi connectivity index (χ3v) is 5.24. The topological polar surface area (TPSA) is 95.5 Å². The highest BCUT2D eigenvalue weighted by Gasteiger charge is 2.14. The van der Waals surface area contributed by atoms with Crippen LogP contribution in [0.4, 0.5) is 0 Å². The molecule has 150 valence electrons. The van der Waals surface area contributed by atoms with E-state index in [0.29, 0.717) is 0 Å². The van der Waals surface area contributed by atoms with Crippen LogP contribution in [-0.4, -0.2) is 34.7 Å². The highest BCUT2D eigenvalue weighted by atomic mass is 31.1. The van der Waals surface area contributed by atoms with Gasteiger partial charge in [0.15, 0.2) is 0 Å². The molecule has 0 saturated heterocycles. The number of carbonyl (C=O) groups excluding carboxylic acids is 2. The van der Waals surface area contributed by atoms with Gasteiger partial charge in [-0.05, 0) is 22.9 Å². The first-order chi connectivity index (χ1) is 14.6. The fraction of sp³-hybridized carbons (Fsp3) is 0.0909. The number of Topliss-reactive ketones (excluding diaryl/α,β-unsaturated/α-hetero) is 2. The van der Waals surface area contributed by atoms with Gasteiger partial charge in [0.25, 0.3) is 0 Å². The lowest BCUT2D eigenvalue weighted by molar-refractivity contribution is 0.0872. The second-order valence-corrected chi connectivity index (χ2v) is 7.58. The number of benzene rings is 2. The number of hydrogen-bond acceptors (Lipinski definition) is 7. The molecule has 0 radical (unpaired) electrons. The van der Waals surface area contributed by atoms with Crippen molar-refractivity contribution in [2.75, 3.05) is 13.2 Å². The van der Waals surface area contributed by atoms with E-state index < -0.39 is 33.0 Å². The Bertz CT molecular complexity index is 1180. The molecular weight excluding hydrogens is 403 g/mol. The molecular formula is C22H17N2O5P. The number of hydrogen-bond donors (Lipinski definition) is 0. The molecule has 0 aliphatic heterocycles. The van der Waals surface area contributed by atoms with E-state index >= 15 is 0 Å². The van der Waals surface area contributed by atoms with Gasteiger partial charge < -0.3 is 9.05 Å². The molecule has 2 aromatic carbocycles. The summed E-state index contributed by atoms with van der Waals surface area (Å²) in [5.41, 5.74) is 0.417. The van der Waals surface area contributed by atoms with Crippen LogP contribution in [0.15, 0.2) is 73.1 Å². The lowest BCUT2D eigenvalue weighted by Crippen LogP contribution is -2.11. The van der Waals surface area contributed by atoms with Crippen molar-refractivity contribution >= 4 is 41.4 Å². The smallest absolute Gasteiger partial charge is 0.302 e. The standard InChI is InChI=1S/C22H17N2O5P/c25-21(19-9-15-5-1-3-7-17(15)11-23-19)13-28-30(27)29-14-22(26)20-10-16-6-2-4-8-18(16)12-24-20/h1-12,30H,13-14H2. The summed E-state index contributed by atoms with van der Waals surface area (Å²) in [7, 11) is -3.03. The summed E-state index contributed by atoms with van der Waals surface area (Å²) < 4.78 is 21.9. The number of ketones is 2. The summed E-state index contributed by atoms with van der Waals surface area (Å²) in [4.78, 5) is 32.7. The molecule has 4 aromatic rings. The number of rotatable bonds is 8. The fourth-order valence-electron chi connectivity index (χ4n) is 2.91. The first-order valence-electron chi connectivity index (χ1n) is 9.16.